The van der Waals surface area contributed by atoms with Gasteiger partial charge in [-0.25, -0.2) is 0 Å². The zero-order valence-electron chi connectivity index (χ0n) is 10.4. The van der Waals surface area contributed by atoms with Gasteiger partial charge < -0.3 is 5.32 Å². The molecule has 0 heterocycles. The van der Waals surface area contributed by atoms with Crippen LogP contribution in [0.5, 0.6) is 0 Å². The molecule has 2 rings (SSSR count). The normalized spacial score (nSPS) is 16.4. The third-order valence-corrected chi connectivity index (χ3v) is 5.26. The van der Waals surface area contributed by atoms with Crippen LogP contribution in [0.25, 0.3) is 0 Å². The molecule has 1 aliphatic rings. The van der Waals surface area contributed by atoms with Crippen LogP contribution in [0.4, 0.5) is 0 Å². The van der Waals surface area contributed by atoms with Crippen LogP contribution in [0, 0.1) is 15.9 Å². The van der Waals surface area contributed by atoms with Gasteiger partial charge in [0.2, 0.25) is 0 Å². The number of carbonyl (C=O) groups is 1. The number of alkyl halides is 1. The van der Waals surface area contributed by atoms with Gasteiger partial charge in [-0.2, -0.15) is 0 Å². The number of hydrogen-bond acceptors (Lipinski definition) is 1. The molecule has 0 radical (unpaired) electrons. The lowest BCUT2D eigenvalue weighted by Crippen LogP contribution is -2.31. The maximum absolute atomic E-state index is 12.1. The first-order valence-electron chi connectivity index (χ1n) is 6.17. The summed E-state index contributed by atoms with van der Waals surface area (Å²) in [5.41, 5.74) is 2.20. The van der Waals surface area contributed by atoms with Gasteiger partial charge in [0, 0.05) is 16.0 Å². The van der Waals surface area contributed by atoms with Crippen LogP contribution in [0.3, 0.4) is 0 Å². The van der Waals surface area contributed by atoms with Crippen molar-refractivity contribution < 1.29 is 4.79 Å². The molecule has 1 aromatic rings. The molecular formula is C14H17ClINO. The zero-order chi connectivity index (χ0) is 13.2. The fourth-order valence-electron chi connectivity index (χ4n) is 2.08. The van der Waals surface area contributed by atoms with E-state index in [9.17, 15) is 4.79 Å². The fraction of sp³-hybridized carbons (Fsp3) is 0.500. The van der Waals surface area contributed by atoms with Crippen molar-refractivity contribution in [2.75, 3.05) is 12.4 Å². The minimum Gasteiger partial charge on any atom is -0.351 e. The van der Waals surface area contributed by atoms with Gasteiger partial charge in [0.15, 0.2) is 0 Å². The van der Waals surface area contributed by atoms with Crippen molar-refractivity contribution >= 4 is 40.1 Å². The molecule has 0 bridgehead atoms. The number of benzene rings is 1. The predicted octanol–water partition coefficient (Wildman–Crippen LogP) is 3.74. The minimum absolute atomic E-state index is 0.0314. The summed E-state index contributed by atoms with van der Waals surface area (Å²) in [4.78, 5) is 12.1. The summed E-state index contributed by atoms with van der Waals surface area (Å²) in [5, 5.41) is 3.05. The van der Waals surface area contributed by atoms with Crippen molar-refractivity contribution in [3.05, 3.63) is 32.9 Å². The van der Waals surface area contributed by atoms with E-state index in [0.29, 0.717) is 5.88 Å². The van der Waals surface area contributed by atoms with Crippen molar-refractivity contribution in [2.45, 2.75) is 26.2 Å². The Kier molecular flexibility index (Phi) is 4.54. The van der Waals surface area contributed by atoms with Crippen LogP contribution < -0.4 is 5.32 Å². The van der Waals surface area contributed by atoms with E-state index in [4.69, 9.17) is 11.6 Å². The van der Waals surface area contributed by atoms with Gasteiger partial charge >= 0.3 is 0 Å². The lowest BCUT2D eigenvalue weighted by Gasteiger charge is -2.15. The molecule has 18 heavy (non-hydrogen) atoms. The van der Waals surface area contributed by atoms with E-state index < -0.39 is 0 Å². The van der Waals surface area contributed by atoms with Gasteiger partial charge in [-0.1, -0.05) is 12.1 Å². The standard InChI is InChI=1S/C14H17ClINO/c1-10-3-2-4-11(12(10)16)13(18)17-9-14(5-6-14)7-8-15/h2-4H,5-9H2,1H3,(H,17,18). The Morgan fingerprint density at radius 2 is 2.22 bits per heavy atom. The van der Waals surface area contributed by atoms with Crippen molar-refractivity contribution in [3.8, 4) is 0 Å². The van der Waals surface area contributed by atoms with Crippen molar-refractivity contribution in [3.63, 3.8) is 0 Å². The average molecular weight is 378 g/mol. The van der Waals surface area contributed by atoms with E-state index in [1.807, 2.05) is 25.1 Å². The predicted molar refractivity (Wildman–Crippen MR) is 83.2 cm³/mol. The van der Waals surface area contributed by atoms with E-state index in [2.05, 4.69) is 27.9 Å². The molecule has 0 saturated heterocycles. The SMILES string of the molecule is Cc1cccc(C(=O)NCC2(CCCl)CC2)c1I. The lowest BCUT2D eigenvalue weighted by atomic mass is 10.0. The molecule has 1 N–H and O–H groups in total. The number of amides is 1. The highest BCUT2D eigenvalue weighted by molar-refractivity contribution is 14.1. The second-order valence-corrected chi connectivity index (χ2v) is 6.51. The quantitative estimate of drug-likeness (QED) is 0.615. The summed E-state index contributed by atoms with van der Waals surface area (Å²) in [6.07, 6.45) is 3.37. The van der Waals surface area contributed by atoms with Gasteiger partial charge in [-0.3, -0.25) is 4.79 Å². The van der Waals surface area contributed by atoms with Gasteiger partial charge in [-0.05, 0) is 65.8 Å². The monoisotopic (exact) mass is 377 g/mol. The summed E-state index contributed by atoms with van der Waals surface area (Å²) in [5.74, 6) is 0.710. The zero-order valence-corrected chi connectivity index (χ0v) is 13.3. The Hall–Kier alpha value is -0.290. The number of hydrogen-bond donors (Lipinski definition) is 1. The molecule has 4 heteroatoms. The molecule has 1 saturated carbocycles. The first kappa shape index (κ1) is 14.1. The molecule has 0 spiro atoms. The van der Waals surface area contributed by atoms with Crippen molar-refractivity contribution in [1.29, 1.82) is 0 Å². The molecule has 2 nitrogen and oxygen atoms in total. The fourth-order valence-corrected chi connectivity index (χ4v) is 3.08. The van der Waals surface area contributed by atoms with E-state index >= 15 is 0 Å². The van der Waals surface area contributed by atoms with Crippen LogP contribution in [0.2, 0.25) is 0 Å². The molecule has 1 amide bonds. The summed E-state index contributed by atoms with van der Waals surface area (Å²) in [7, 11) is 0. The Bertz CT molecular complexity index is 457. The molecule has 0 atom stereocenters. The Labute approximate surface area is 127 Å². The minimum atomic E-state index is 0.0314. The molecule has 0 aliphatic heterocycles. The van der Waals surface area contributed by atoms with Crippen LogP contribution in [-0.2, 0) is 0 Å². The number of rotatable bonds is 5. The van der Waals surface area contributed by atoms with E-state index in [0.717, 1.165) is 27.7 Å². The Morgan fingerprint density at radius 1 is 1.50 bits per heavy atom. The van der Waals surface area contributed by atoms with Crippen LogP contribution >= 0.6 is 34.2 Å². The highest BCUT2D eigenvalue weighted by atomic mass is 127. The van der Waals surface area contributed by atoms with E-state index in [1.54, 1.807) is 0 Å². The second kappa shape index (κ2) is 5.78. The second-order valence-electron chi connectivity index (χ2n) is 5.06. The summed E-state index contributed by atoms with van der Waals surface area (Å²) in [6.45, 7) is 2.77. The first-order valence-corrected chi connectivity index (χ1v) is 7.79. The highest BCUT2D eigenvalue weighted by Crippen LogP contribution is 2.48. The average Bonchev–Trinajstić information content (AvgIpc) is 3.11. The van der Waals surface area contributed by atoms with Gasteiger partial charge in [0.1, 0.15) is 0 Å². The van der Waals surface area contributed by atoms with E-state index in [1.165, 1.54) is 12.8 Å². The molecular weight excluding hydrogens is 361 g/mol. The highest BCUT2D eigenvalue weighted by Gasteiger charge is 2.41. The molecule has 0 aromatic heterocycles. The molecule has 1 fully saturated rings. The van der Waals surface area contributed by atoms with Gasteiger partial charge in [0.05, 0.1) is 5.56 Å². The summed E-state index contributed by atoms with van der Waals surface area (Å²) in [6, 6.07) is 5.83. The molecule has 0 unspecified atom stereocenters. The largest absolute Gasteiger partial charge is 0.351 e. The van der Waals surface area contributed by atoms with Crippen LogP contribution in [0.15, 0.2) is 18.2 Å². The number of halogens is 2. The van der Waals surface area contributed by atoms with E-state index in [-0.39, 0.29) is 11.3 Å². The maximum atomic E-state index is 12.1. The lowest BCUT2D eigenvalue weighted by molar-refractivity contribution is 0.0943. The smallest absolute Gasteiger partial charge is 0.252 e. The topological polar surface area (TPSA) is 29.1 Å². The Morgan fingerprint density at radius 3 is 2.83 bits per heavy atom. The van der Waals surface area contributed by atoms with Crippen molar-refractivity contribution in [1.82, 2.24) is 5.32 Å². The molecule has 1 aliphatic carbocycles. The molecule has 1 aromatic carbocycles. The number of nitrogens with one attached hydrogen (secondary N) is 1. The van der Waals surface area contributed by atoms with Crippen LogP contribution in [-0.4, -0.2) is 18.3 Å². The van der Waals surface area contributed by atoms with Gasteiger partial charge in [0.25, 0.3) is 5.91 Å². The third kappa shape index (κ3) is 3.18. The number of carbonyl (C=O) groups excluding carboxylic acids is 1. The summed E-state index contributed by atoms with van der Waals surface area (Å²) >= 11 is 8.02. The summed E-state index contributed by atoms with van der Waals surface area (Å²) < 4.78 is 1.04. The van der Waals surface area contributed by atoms with Gasteiger partial charge in [-0.15, -0.1) is 11.6 Å². The first-order chi connectivity index (χ1) is 8.58. The van der Waals surface area contributed by atoms with Crippen molar-refractivity contribution in [2.24, 2.45) is 5.41 Å². The maximum Gasteiger partial charge on any atom is 0.252 e. The third-order valence-electron chi connectivity index (χ3n) is 3.64. The van der Waals surface area contributed by atoms with Crippen LogP contribution in [0.1, 0.15) is 35.2 Å². The Balaban J connectivity index is 1.98. The number of aryl methyl sites for hydroxylation is 1. The molecule has 98 valence electrons.